The number of rotatable bonds is 5. The van der Waals surface area contributed by atoms with E-state index in [9.17, 15) is 9.59 Å². The molecule has 0 aliphatic carbocycles. The fourth-order valence-corrected chi connectivity index (χ4v) is 3.01. The van der Waals surface area contributed by atoms with Crippen LogP contribution in [-0.2, 0) is 9.53 Å². The Morgan fingerprint density at radius 1 is 1.38 bits per heavy atom. The third-order valence-electron chi connectivity index (χ3n) is 4.20. The first-order valence-corrected chi connectivity index (χ1v) is 7.70. The number of likely N-dealkylation sites (tertiary alicyclic amines) is 1. The smallest absolute Gasteiger partial charge is 0.317 e. The maximum atomic E-state index is 12.2. The first-order valence-electron chi connectivity index (χ1n) is 7.70. The van der Waals surface area contributed by atoms with E-state index in [2.05, 4.69) is 17.1 Å². The average Bonchev–Trinajstić information content (AvgIpc) is 2.92. The van der Waals surface area contributed by atoms with Gasteiger partial charge in [-0.25, -0.2) is 4.79 Å². The van der Waals surface area contributed by atoms with Crippen molar-refractivity contribution in [2.45, 2.75) is 38.3 Å². The van der Waals surface area contributed by atoms with Crippen molar-refractivity contribution in [2.24, 2.45) is 0 Å². The molecule has 2 aliphatic rings. The van der Waals surface area contributed by atoms with E-state index in [1.165, 1.54) is 0 Å². The van der Waals surface area contributed by atoms with Gasteiger partial charge in [-0.15, -0.1) is 0 Å². The Morgan fingerprint density at radius 2 is 2.19 bits per heavy atom. The van der Waals surface area contributed by atoms with Gasteiger partial charge in [0.15, 0.2) is 0 Å². The van der Waals surface area contributed by atoms with Gasteiger partial charge in [-0.2, -0.15) is 0 Å². The minimum Gasteiger partial charge on any atom is -0.481 e. The summed E-state index contributed by atoms with van der Waals surface area (Å²) in [5.74, 6) is -0.853. The van der Waals surface area contributed by atoms with Crippen molar-refractivity contribution < 1.29 is 19.4 Å². The van der Waals surface area contributed by atoms with Crippen LogP contribution in [0.1, 0.15) is 26.2 Å². The predicted octanol–water partition coefficient (Wildman–Crippen LogP) is 0.356. The molecule has 120 valence electrons. The SMILES string of the molecule is CCN1CCOC(CNC(=O)N2CCCC2CC(=O)O)C1. The zero-order valence-corrected chi connectivity index (χ0v) is 12.6. The van der Waals surface area contributed by atoms with E-state index in [1.54, 1.807) is 4.90 Å². The summed E-state index contributed by atoms with van der Waals surface area (Å²) in [6.45, 7) is 6.67. The third kappa shape index (κ3) is 4.57. The average molecular weight is 299 g/mol. The molecule has 2 rings (SSSR count). The fourth-order valence-electron chi connectivity index (χ4n) is 3.01. The van der Waals surface area contributed by atoms with Gasteiger partial charge < -0.3 is 20.1 Å². The van der Waals surface area contributed by atoms with Crippen LogP contribution in [0.15, 0.2) is 0 Å². The van der Waals surface area contributed by atoms with Crippen LogP contribution >= 0.6 is 0 Å². The van der Waals surface area contributed by atoms with Crippen molar-refractivity contribution >= 4 is 12.0 Å². The van der Waals surface area contributed by atoms with Crippen LogP contribution in [0.25, 0.3) is 0 Å². The molecule has 0 spiro atoms. The van der Waals surface area contributed by atoms with Gasteiger partial charge >= 0.3 is 12.0 Å². The molecule has 2 unspecified atom stereocenters. The maximum Gasteiger partial charge on any atom is 0.317 e. The van der Waals surface area contributed by atoms with Crippen LogP contribution in [0.3, 0.4) is 0 Å². The van der Waals surface area contributed by atoms with E-state index in [4.69, 9.17) is 9.84 Å². The van der Waals surface area contributed by atoms with Gasteiger partial charge in [0.25, 0.3) is 0 Å². The molecule has 0 aromatic heterocycles. The quantitative estimate of drug-likeness (QED) is 0.766. The molecule has 2 aliphatic heterocycles. The van der Waals surface area contributed by atoms with Crippen LogP contribution in [-0.4, -0.2) is 78.4 Å². The molecule has 7 heteroatoms. The number of morpholine rings is 1. The molecule has 0 aromatic carbocycles. The van der Waals surface area contributed by atoms with E-state index in [0.29, 0.717) is 19.7 Å². The van der Waals surface area contributed by atoms with Crippen molar-refractivity contribution in [2.75, 3.05) is 39.3 Å². The van der Waals surface area contributed by atoms with Crippen LogP contribution in [0.2, 0.25) is 0 Å². The van der Waals surface area contributed by atoms with E-state index in [1.807, 2.05) is 0 Å². The van der Waals surface area contributed by atoms with Gasteiger partial charge in [0.05, 0.1) is 19.1 Å². The lowest BCUT2D eigenvalue weighted by molar-refractivity contribution is -0.137. The lowest BCUT2D eigenvalue weighted by Crippen LogP contribution is -2.50. The molecule has 21 heavy (non-hydrogen) atoms. The molecular weight excluding hydrogens is 274 g/mol. The second-order valence-electron chi connectivity index (χ2n) is 5.66. The number of hydrogen-bond acceptors (Lipinski definition) is 4. The number of carboxylic acid groups (broad SMARTS) is 1. The lowest BCUT2D eigenvalue weighted by Gasteiger charge is -2.32. The van der Waals surface area contributed by atoms with Crippen molar-refractivity contribution in [3.8, 4) is 0 Å². The molecule has 2 fully saturated rings. The van der Waals surface area contributed by atoms with Gasteiger partial charge in [-0.3, -0.25) is 9.69 Å². The summed E-state index contributed by atoms with van der Waals surface area (Å²) in [6.07, 6.45) is 1.68. The normalized spacial score (nSPS) is 26.8. The number of ether oxygens (including phenoxy) is 1. The Bertz CT molecular complexity index is 377. The standard InChI is InChI=1S/C14H25N3O4/c1-2-16-6-7-21-12(10-16)9-15-14(20)17-5-3-4-11(17)8-13(18)19/h11-12H,2-10H2,1H3,(H,15,20)(H,18,19). The summed E-state index contributed by atoms with van der Waals surface area (Å²) >= 11 is 0. The number of carboxylic acids is 1. The Labute approximate surface area is 125 Å². The lowest BCUT2D eigenvalue weighted by atomic mass is 10.1. The molecule has 7 nitrogen and oxygen atoms in total. The van der Waals surface area contributed by atoms with E-state index < -0.39 is 5.97 Å². The Hall–Kier alpha value is -1.34. The summed E-state index contributed by atoms with van der Waals surface area (Å²) in [5, 5.41) is 11.8. The number of hydrogen-bond donors (Lipinski definition) is 2. The Morgan fingerprint density at radius 3 is 2.90 bits per heavy atom. The van der Waals surface area contributed by atoms with Gasteiger partial charge in [-0.1, -0.05) is 6.92 Å². The number of nitrogens with one attached hydrogen (secondary N) is 1. The monoisotopic (exact) mass is 299 g/mol. The molecule has 2 heterocycles. The van der Waals surface area contributed by atoms with Crippen LogP contribution < -0.4 is 5.32 Å². The number of nitrogens with zero attached hydrogens (tertiary/aromatic N) is 2. The largest absolute Gasteiger partial charge is 0.481 e. The van der Waals surface area contributed by atoms with Gasteiger partial charge in [-0.05, 0) is 19.4 Å². The molecule has 2 saturated heterocycles. The van der Waals surface area contributed by atoms with Crippen molar-refractivity contribution in [1.29, 1.82) is 0 Å². The second kappa shape index (κ2) is 7.61. The molecular formula is C14H25N3O4. The highest BCUT2D eigenvalue weighted by Gasteiger charge is 2.30. The number of carbonyl (C=O) groups excluding carboxylic acids is 1. The molecule has 2 amide bonds. The second-order valence-corrected chi connectivity index (χ2v) is 5.66. The van der Waals surface area contributed by atoms with E-state index in [0.717, 1.165) is 32.5 Å². The number of urea groups is 1. The maximum absolute atomic E-state index is 12.2. The molecule has 0 saturated carbocycles. The van der Waals surface area contributed by atoms with Crippen molar-refractivity contribution in [3.05, 3.63) is 0 Å². The van der Waals surface area contributed by atoms with Crippen LogP contribution in [0, 0.1) is 0 Å². The molecule has 0 bridgehead atoms. The first-order chi connectivity index (χ1) is 10.1. The number of likely N-dealkylation sites (N-methyl/N-ethyl adjacent to an activating group) is 1. The summed E-state index contributed by atoms with van der Waals surface area (Å²) in [5.41, 5.74) is 0. The minimum absolute atomic E-state index is 0.0168. The fraction of sp³-hybridized carbons (Fsp3) is 0.857. The summed E-state index contributed by atoms with van der Waals surface area (Å²) in [6, 6.07) is -0.349. The zero-order chi connectivity index (χ0) is 15.2. The zero-order valence-electron chi connectivity index (χ0n) is 12.6. The summed E-state index contributed by atoms with van der Waals surface area (Å²) < 4.78 is 5.65. The number of amides is 2. The van der Waals surface area contributed by atoms with Crippen molar-refractivity contribution in [3.63, 3.8) is 0 Å². The van der Waals surface area contributed by atoms with E-state index in [-0.39, 0.29) is 24.6 Å². The molecule has 0 aromatic rings. The van der Waals surface area contributed by atoms with Crippen molar-refractivity contribution in [1.82, 2.24) is 15.1 Å². The van der Waals surface area contributed by atoms with Gasteiger partial charge in [0.2, 0.25) is 0 Å². The molecule has 2 N–H and O–H groups in total. The van der Waals surface area contributed by atoms with Gasteiger partial charge in [0, 0.05) is 32.2 Å². The van der Waals surface area contributed by atoms with Gasteiger partial charge in [0.1, 0.15) is 0 Å². The molecule has 2 atom stereocenters. The Balaban J connectivity index is 1.77. The highest BCUT2D eigenvalue weighted by molar-refractivity contribution is 5.76. The summed E-state index contributed by atoms with van der Waals surface area (Å²) in [7, 11) is 0. The number of carbonyl (C=O) groups is 2. The topological polar surface area (TPSA) is 82.1 Å². The Kier molecular flexibility index (Phi) is 5.81. The van der Waals surface area contributed by atoms with Crippen LogP contribution in [0.4, 0.5) is 4.79 Å². The third-order valence-corrected chi connectivity index (χ3v) is 4.20. The molecule has 0 radical (unpaired) electrons. The predicted molar refractivity (Wildman–Crippen MR) is 77.2 cm³/mol. The first kappa shape index (κ1) is 16.0. The van der Waals surface area contributed by atoms with Crippen LogP contribution in [0.5, 0.6) is 0 Å². The minimum atomic E-state index is -0.853. The highest BCUT2D eigenvalue weighted by atomic mass is 16.5. The summed E-state index contributed by atoms with van der Waals surface area (Å²) in [4.78, 5) is 26.9. The highest BCUT2D eigenvalue weighted by Crippen LogP contribution is 2.20. The number of aliphatic carboxylic acids is 1. The van der Waals surface area contributed by atoms with E-state index >= 15 is 0 Å².